The quantitative estimate of drug-likeness (QED) is 0.711. The van der Waals surface area contributed by atoms with Crippen LogP contribution in [0, 0.1) is 13.8 Å². The smallest absolute Gasteiger partial charge is 0.136 e. The summed E-state index contributed by atoms with van der Waals surface area (Å²) < 4.78 is 5.30. The number of aromatic nitrogens is 2. The van der Waals surface area contributed by atoms with Gasteiger partial charge in [-0.25, -0.2) is 9.97 Å². The van der Waals surface area contributed by atoms with Crippen molar-refractivity contribution in [2.24, 2.45) is 0 Å². The minimum Gasteiger partial charge on any atom is -0.467 e. The van der Waals surface area contributed by atoms with Crippen molar-refractivity contribution in [2.75, 3.05) is 10.6 Å². The van der Waals surface area contributed by atoms with Crippen LogP contribution in [0.5, 0.6) is 0 Å². The van der Waals surface area contributed by atoms with Crippen molar-refractivity contribution in [3.05, 3.63) is 64.8 Å². The number of rotatable bonds is 5. The molecule has 3 aromatic rings. The number of aryl methyl sites for hydroxylation is 2. The highest BCUT2D eigenvalue weighted by Crippen LogP contribution is 2.24. The maximum Gasteiger partial charge on any atom is 0.136 e. The molecule has 118 valence electrons. The van der Waals surface area contributed by atoms with Gasteiger partial charge in [0.2, 0.25) is 0 Å². The first-order chi connectivity index (χ1) is 11.1. The molecule has 0 atom stereocenters. The van der Waals surface area contributed by atoms with E-state index >= 15 is 0 Å². The monoisotopic (exact) mass is 328 g/mol. The van der Waals surface area contributed by atoms with Crippen molar-refractivity contribution < 1.29 is 4.42 Å². The maximum absolute atomic E-state index is 6.06. The van der Waals surface area contributed by atoms with Crippen LogP contribution in [0.1, 0.15) is 17.1 Å². The van der Waals surface area contributed by atoms with E-state index < -0.39 is 0 Å². The number of anilines is 3. The van der Waals surface area contributed by atoms with Gasteiger partial charge in [0.15, 0.2) is 0 Å². The molecule has 3 rings (SSSR count). The van der Waals surface area contributed by atoms with E-state index in [0.717, 1.165) is 22.8 Å². The lowest BCUT2D eigenvalue weighted by molar-refractivity contribution is 0.518. The van der Waals surface area contributed by atoms with Crippen molar-refractivity contribution in [1.82, 2.24) is 9.97 Å². The fourth-order valence-electron chi connectivity index (χ4n) is 2.18. The van der Waals surface area contributed by atoms with Gasteiger partial charge >= 0.3 is 0 Å². The van der Waals surface area contributed by atoms with Crippen molar-refractivity contribution in [3.63, 3.8) is 0 Å². The summed E-state index contributed by atoms with van der Waals surface area (Å²) in [5, 5.41) is 7.20. The topological polar surface area (TPSA) is 63.0 Å². The second kappa shape index (κ2) is 6.71. The van der Waals surface area contributed by atoms with Crippen LogP contribution in [-0.2, 0) is 6.54 Å². The molecule has 2 N–H and O–H groups in total. The third-order valence-corrected chi connectivity index (χ3v) is 3.56. The van der Waals surface area contributed by atoms with E-state index in [4.69, 9.17) is 16.0 Å². The number of furan rings is 1. The van der Waals surface area contributed by atoms with Gasteiger partial charge in [0, 0.05) is 16.8 Å². The Morgan fingerprint density at radius 3 is 2.70 bits per heavy atom. The summed E-state index contributed by atoms with van der Waals surface area (Å²) in [4.78, 5) is 8.80. The molecule has 5 nitrogen and oxygen atoms in total. The summed E-state index contributed by atoms with van der Waals surface area (Å²) in [6.45, 7) is 4.44. The Hall–Kier alpha value is -2.53. The molecule has 0 spiro atoms. The summed E-state index contributed by atoms with van der Waals surface area (Å²) in [5.74, 6) is 2.97. The number of nitrogens with one attached hydrogen (secondary N) is 2. The number of benzene rings is 1. The number of halogens is 1. The lowest BCUT2D eigenvalue weighted by Gasteiger charge is -2.11. The van der Waals surface area contributed by atoms with Crippen LogP contribution in [0.4, 0.5) is 17.3 Å². The van der Waals surface area contributed by atoms with E-state index in [9.17, 15) is 0 Å². The summed E-state index contributed by atoms with van der Waals surface area (Å²) in [5.41, 5.74) is 2.02. The van der Waals surface area contributed by atoms with Crippen LogP contribution in [0.2, 0.25) is 5.02 Å². The maximum atomic E-state index is 6.06. The Kier molecular flexibility index (Phi) is 4.48. The molecule has 0 aliphatic rings. The minimum atomic E-state index is 0.569. The Balaban J connectivity index is 1.78. The number of nitrogens with zero attached hydrogens (tertiary/aromatic N) is 2. The zero-order valence-corrected chi connectivity index (χ0v) is 13.7. The van der Waals surface area contributed by atoms with Crippen LogP contribution >= 0.6 is 11.6 Å². The Morgan fingerprint density at radius 1 is 1.09 bits per heavy atom. The summed E-state index contributed by atoms with van der Waals surface area (Å²) in [6.07, 6.45) is 1.65. The molecule has 2 heterocycles. The average molecular weight is 329 g/mol. The van der Waals surface area contributed by atoms with E-state index in [1.165, 1.54) is 0 Å². The van der Waals surface area contributed by atoms with Gasteiger partial charge in [-0.15, -0.1) is 0 Å². The third kappa shape index (κ3) is 4.02. The highest BCUT2D eigenvalue weighted by Gasteiger charge is 2.05. The van der Waals surface area contributed by atoms with Crippen LogP contribution in [0.25, 0.3) is 0 Å². The molecule has 23 heavy (non-hydrogen) atoms. The SMILES string of the molecule is Cc1nc(NCc2ccco2)cc(Nc2cc(Cl)ccc2C)n1. The summed E-state index contributed by atoms with van der Waals surface area (Å²) in [7, 11) is 0. The molecule has 2 aromatic heterocycles. The lowest BCUT2D eigenvalue weighted by Crippen LogP contribution is -2.05. The third-order valence-electron chi connectivity index (χ3n) is 3.32. The van der Waals surface area contributed by atoms with Gasteiger partial charge < -0.3 is 15.1 Å². The molecular weight excluding hydrogens is 312 g/mol. The van der Waals surface area contributed by atoms with Crippen molar-refractivity contribution >= 4 is 28.9 Å². The second-order valence-corrected chi connectivity index (χ2v) is 5.64. The molecular formula is C17H17ClN4O. The predicted octanol–water partition coefficient (Wildman–Crippen LogP) is 4.70. The van der Waals surface area contributed by atoms with E-state index in [1.807, 2.05) is 50.2 Å². The Bertz CT molecular complexity index is 802. The summed E-state index contributed by atoms with van der Waals surface area (Å²) >= 11 is 6.06. The van der Waals surface area contributed by atoms with Crippen LogP contribution < -0.4 is 10.6 Å². The molecule has 0 saturated heterocycles. The van der Waals surface area contributed by atoms with E-state index in [0.29, 0.717) is 23.2 Å². The van der Waals surface area contributed by atoms with E-state index in [-0.39, 0.29) is 0 Å². The first-order valence-corrected chi connectivity index (χ1v) is 7.63. The normalized spacial score (nSPS) is 10.6. The van der Waals surface area contributed by atoms with Crippen molar-refractivity contribution in [3.8, 4) is 0 Å². The summed E-state index contributed by atoms with van der Waals surface area (Å²) in [6, 6.07) is 11.3. The molecule has 0 saturated carbocycles. The van der Waals surface area contributed by atoms with Gasteiger partial charge in [-0.2, -0.15) is 0 Å². The fourth-order valence-corrected chi connectivity index (χ4v) is 2.35. The molecule has 0 aliphatic carbocycles. The molecule has 0 bridgehead atoms. The molecule has 6 heteroatoms. The fraction of sp³-hybridized carbons (Fsp3) is 0.176. The molecule has 1 aromatic carbocycles. The number of hydrogen-bond acceptors (Lipinski definition) is 5. The predicted molar refractivity (Wildman–Crippen MR) is 92.3 cm³/mol. The van der Waals surface area contributed by atoms with Crippen molar-refractivity contribution in [1.29, 1.82) is 0 Å². The van der Waals surface area contributed by atoms with Crippen LogP contribution in [-0.4, -0.2) is 9.97 Å². The minimum absolute atomic E-state index is 0.569. The van der Waals surface area contributed by atoms with Gasteiger partial charge in [0.1, 0.15) is 23.2 Å². The molecule has 0 fully saturated rings. The van der Waals surface area contributed by atoms with Gasteiger partial charge in [0.05, 0.1) is 12.8 Å². The van der Waals surface area contributed by atoms with Gasteiger partial charge in [-0.1, -0.05) is 17.7 Å². The molecule has 0 radical (unpaired) electrons. The average Bonchev–Trinajstić information content (AvgIpc) is 3.02. The van der Waals surface area contributed by atoms with E-state index in [2.05, 4.69) is 20.6 Å². The highest BCUT2D eigenvalue weighted by molar-refractivity contribution is 6.30. The van der Waals surface area contributed by atoms with Crippen LogP contribution in [0.3, 0.4) is 0 Å². The molecule has 0 amide bonds. The van der Waals surface area contributed by atoms with E-state index in [1.54, 1.807) is 6.26 Å². The lowest BCUT2D eigenvalue weighted by atomic mass is 10.2. The molecule has 0 unspecified atom stereocenters. The zero-order valence-electron chi connectivity index (χ0n) is 12.9. The van der Waals surface area contributed by atoms with Gasteiger partial charge in [0.25, 0.3) is 0 Å². The first kappa shape index (κ1) is 15.4. The van der Waals surface area contributed by atoms with Crippen LogP contribution in [0.15, 0.2) is 47.1 Å². The van der Waals surface area contributed by atoms with Gasteiger partial charge in [-0.05, 0) is 43.7 Å². The largest absolute Gasteiger partial charge is 0.467 e. The first-order valence-electron chi connectivity index (χ1n) is 7.25. The second-order valence-electron chi connectivity index (χ2n) is 5.20. The van der Waals surface area contributed by atoms with Crippen molar-refractivity contribution in [2.45, 2.75) is 20.4 Å². The number of hydrogen-bond donors (Lipinski definition) is 2. The standard InChI is InChI=1S/C17H17ClN4O/c1-11-5-6-13(18)8-15(11)22-17-9-16(20-12(2)21-17)19-10-14-4-3-7-23-14/h3-9H,10H2,1-2H3,(H2,19,20,21,22). The Labute approximate surface area is 139 Å². The molecule has 0 aliphatic heterocycles. The Morgan fingerprint density at radius 2 is 1.91 bits per heavy atom. The van der Waals surface area contributed by atoms with Gasteiger partial charge in [-0.3, -0.25) is 0 Å². The highest BCUT2D eigenvalue weighted by atomic mass is 35.5. The zero-order chi connectivity index (χ0) is 16.2.